The summed E-state index contributed by atoms with van der Waals surface area (Å²) in [6.45, 7) is 6.60. The first-order valence-corrected chi connectivity index (χ1v) is 7.79. The highest BCUT2D eigenvalue weighted by Gasteiger charge is 2.22. The number of hydrogen-bond acceptors (Lipinski definition) is 6. The largest absolute Gasteiger partial charge is 0.477 e. The van der Waals surface area contributed by atoms with Gasteiger partial charge in [-0.25, -0.2) is 9.78 Å². The molecule has 1 aromatic rings. The zero-order valence-corrected chi connectivity index (χ0v) is 13.9. The predicted octanol–water partition coefficient (Wildman–Crippen LogP) is 2.45. The maximum absolute atomic E-state index is 11.3. The monoisotopic (exact) mass is 316 g/mol. The molecule has 0 saturated heterocycles. The van der Waals surface area contributed by atoms with Crippen LogP contribution in [0.4, 0.5) is 5.13 Å². The molecule has 0 spiro atoms. The molecule has 120 valence electrons. The van der Waals surface area contributed by atoms with Crippen molar-refractivity contribution in [1.29, 1.82) is 0 Å². The van der Waals surface area contributed by atoms with Crippen LogP contribution in [0.5, 0.6) is 0 Å². The van der Waals surface area contributed by atoms with E-state index < -0.39 is 5.97 Å². The zero-order chi connectivity index (χ0) is 15.8. The van der Waals surface area contributed by atoms with Crippen molar-refractivity contribution in [3.8, 4) is 0 Å². The smallest absolute Gasteiger partial charge is 0.347 e. The van der Waals surface area contributed by atoms with Crippen LogP contribution in [0, 0.1) is 0 Å². The van der Waals surface area contributed by atoms with E-state index in [4.69, 9.17) is 9.47 Å². The summed E-state index contributed by atoms with van der Waals surface area (Å²) in [6, 6.07) is 0. The minimum Gasteiger partial charge on any atom is -0.477 e. The van der Waals surface area contributed by atoms with Gasteiger partial charge < -0.3 is 19.5 Å². The molecule has 1 N–H and O–H groups in total. The number of carboxylic acids is 1. The molecule has 0 saturated carbocycles. The molecule has 1 heterocycles. The Hall–Kier alpha value is -1.18. The van der Waals surface area contributed by atoms with E-state index in [-0.39, 0.29) is 5.92 Å². The minimum absolute atomic E-state index is 0.0874. The fourth-order valence-corrected chi connectivity index (χ4v) is 3.02. The predicted molar refractivity (Wildman–Crippen MR) is 83.7 cm³/mol. The van der Waals surface area contributed by atoms with E-state index in [0.29, 0.717) is 30.3 Å². The number of carbonyl (C=O) groups is 1. The van der Waals surface area contributed by atoms with Crippen LogP contribution in [0.25, 0.3) is 0 Å². The van der Waals surface area contributed by atoms with Gasteiger partial charge in [0.25, 0.3) is 0 Å². The molecule has 0 fully saturated rings. The number of aromatic carboxylic acids is 1. The van der Waals surface area contributed by atoms with Crippen LogP contribution in [0.3, 0.4) is 0 Å². The van der Waals surface area contributed by atoms with Crippen LogP contribution in [0.2, 0.25) is 0 Å². The Morgan fingerprint density at radius 2 is 1.95 bits per heavy atom. The highest BCUT2D eigenvalue weighted by molar-refractivity contribution is 7.17. The van der Waals surface area contributed by atoms with Gasteiger partial charge in [0.15, 0.2) is 5.13 Å². The van der Waals surface area contributed by atoms with Gasteiger partial charge in [-0.3, -0.25) is 0 Å². The van der Waals surface area contributed by atoms with Crippen molar-refractivity contribution in [2.45, 2.75) is 26.2 Å². The first-order chi connectivity index (χ1) is 10.0. The maximum Gasteiger partial charge on any atom is 0.347 e. The summed E-state index contributed by atoms with van der Waals surface area (Å²) in [5.41, 5.74) is 0.650. The number of ether oxygens (including phenoxy) is 2. The SMILES string of the molecule is COCCCN(CCOC)c1nc(C(C)C)c(C(=O)O)s1. The van der Waals surface area contributed by atoms with Crippen molar-refractivity contribution >= 4 is 22.4 Å². The lowest BCUT2D eigenvalue weighted by molar-refractivity contribution is 0.0700. The lowest BCUT2D eigenvalue weighted by Crippen LogP contribution is -2.29. The Bertz CT molecular complexity index is 448. The highest BCUT2D eigenvalue weighted by Crippen LogP contribution is 2.30. The van der Waals surface area contributed by atoms with Crippen LogP contribution < -0.4 is 4.90 Å². The summed E-state index contributed by atoms with van der Waals surface area (Å²) in [5.74, 6) is -0.824. The highest BCUT2D eigenvalue weighted by atomic mass is 32.1. The van der Waals surface area contributed by atoms with E-state index in [0.717, 1.165) is 18.1 Å². The molecule has 0 aliphatic carbocycles. The number of methoxy groups -OCH3 is 2. The van der Waals surface area contributed by atoms with Crippen LogP contribution in [0.15, 0.2) is 0 Å². The molecule has 0 aliphatic rings. The summed E-state index contributed by atoms with van der Waals surface area (Å²) in [5, 5.41) is 10.0. The second-order valence-corrected chi connectivity index (χ2v) is 5.97. The van der Waals surface area contributed by atoms with Gasteiger partial charge in [-0.05, 0) is 12.3 Å². The molecule has 0 bridgehead atoms. The van der Waals surface area contributed by atoms with Gasteiger partial charge in [0.1, 0.15) is 4.88 Å². The second-order valence-electron chi connectivity index (χ2n) is 5.00. The molecule has 0 radical (unpaired) electrons. The lowest BCUT2D eigenvalue weighted by Gasteiger charge is -2.21. The van der Waals surface area contributed by atoms with Crippen molar-refractivity contribution in [2.24, 2.45) is 0 Å². The van der Waals surface area contributed by atoms with Crippen LogP contribution in [-0.2, 0) is 9.47 Å². The molecule has 0 unspecified atom stereocenters. The number of rotatable bonds is 10. The topological polar surface area (TPSA) is 71.9 Å². The molecule has 0 amide bonds. The van der Waals surface area contributed by atoms with Gasteiger partial charge >= 0.3 is 5.97 Å². The van der Waals surface area contributed by atoms with Crippen molar-refractivity contribution in [1.82, 2.24) is 4.98 Å². The van der Waals surface area contributed by atoms with Gasteiger partial charge in [0, 0.05) is 33.9 Å². The summed E-state index contributed by atoms with van der Waals surface area (Å²) >= 11 is 1.23. The Balaban J connectivity index is 2.94. The zero-order valence-electron chi connectivity index (χ0n) is 13.1. The lowest BCUT2D eigenvalue weighted by atomic mass is 10.1. The van der Waals surface area contributed by atoms with Crippen molar-refractivity contribution in [2.75, 3.05) is 45.4 Å². The van der Waals surface area contributed by atoms with Gasteiger partial charge in [-0.1, -0.05) is 25.2 Å². The Morgan fingerprint density at radius 1 is 1.29 bits per heavy atom. The molecule has 7 heteroatoms. The van der Waals surface area contributed by atoms with Crippen molar-refractivity contribution in [3.05, 3.63) is 10.6 Å². The molecule has 0 aromatic carbocycles. The number of aromatic nitrogens is 1. The number of anilines is 1. The normalized spacial score (nSPS) is 11.1. The third-order valence-electron chi connectivity index (χ3n) is 3.00. The fraction of sp³-hybridized carbons (Fsp3) is 0.714. The number of thiazole rings is 1. The average Bonchev–Trinajstić information content (AvgIpc) is 2.88. The third kappa shape index (κ3) is 5.26. The van der Waals surface area contributed by atoms with E-state index in [2.05, 4.69) is 9.88 Å². The van der Waals surface area contributed by atoms with E-state index >= 15 is 0 Å². The number of hydrogen-bond donors (Lipinski definition) is 1. The molecule has 6 nitrogen and oxygen atoms in total. The Morgan fingerprint density at radius 3 is 2.43 bits per heavy atom. The summed E-state index contributed by atoms with van der Waals surface area (Å²) in [7, 11) is 3.32. The quantitative estimate of drug-likeness (QED) is 0.669. The molecular formula is C14H24N2O4S. The van der Waals surface area contributed by atoms with Gasteiger partial charge in [-0.15, -0.1) is 0 Å². The number of nitrogens with zero attached hydrogens (tertiary/aromatic N) is 2. The van der Waals surface area contributed by atoms with Crippen molar-refractivity contribution in [3.63, 3.8) is 0 Å². The van der Waals surface area contributed by atoms with Gasteiger partial charge in [0.05, 0.1) is 12.3 Å². The first-order valence-electron chi connectivity index (χ1n) is 6.98. The minimum atomic E-state index is -0.911. The Labute approximate surface area is 129 Å². The van der Waals surface area contributed by atoms with Crippen LogP contribution in [-0.4, -0.2) is 56.6 Å². The summed E-state index contributed by atoms with van der Waals surface area (Å²) in [4.78, 5) is 18.3. The molecule has 1 aromatic heterocycles. The van der Waals surface area contributed by atoms with E-state index in [1.54, 1.807) is 14.2 Å². The van der Waals surface area contributed by atoms with Gasteiger partial charge in [0.2, 0.25) is 0 Å². The molecule has 0 aliphatic heterocycles. The second kappa shape index (κ2) is 8.96. The van der Waals surface area contributed by atoms with Gasteiger partial charge in [-0.2, -0.15) is 0 Å². The summed E-state index contributed by atoms with van der Waals surface area (Å²) in [6.07, 6.45) is 0.860. The first kappa shape index (κ1) is 17.9. The van der Waals surface area contributed by atoms with E-state index in [1.165, 1.54) is 11.3 Å². The van der Waals surface area contributed by atoms with E-state index in [1.807, 2.05) is 13.8 Å². The molecule has 21 heavy (non-hydrogen) atoms. The van der Waals surface area contributed by atoms with Crippen LogP contribution in [0.1, 0.15) is 41.6 Å². The number of carboxylic acid groups (broad SMARTS) is 1. The van der Waals surface area contributed by atoms with Crippen molar-refractivity contribution < 1.29 is 19.4 Å². The molecular weight excluding hydrogens is 292 g/mol. The summed E-state index contributed by atoms with van der Waals surface area (Å²) < 4.78 is 10.2. The molecule has 0 atom stereocenters. The van der Waals surface area contributed by atoms with E-state index in [9.17, 15) is 9.90 Å². The average molecular weight is 316 g/mol. The maximum atomic E-state index is 11.3. The third-order valence-corrected chi connectivity index (χ3v) is 4.12. The Kier molecular flexibility index (Phi) is 7.63. The standard InChI is InChI=1S/C14H24N2O4S/c1-10(2)11-12(13(17)18)21-14(15-11)16(7-9-20-4)6-5-8-19-3/h10H,5-9H2,1-4H3,(H,17,18). The fourth-order valence-electron chi connectivity index (χ4n) is 1.90. The van der Waals surface area contributed by atoms with Crippen LogP contribution >= 0.6 is 11.3 Å². The molecule has 1 rings (SSSR count).